The summed E-state index contributed by atoms with van der Waals surface area (Å²) in [6.07, 6.45) is 6.22. The van der Waals surface area contributed by atoms with E-state index in [0.29, 0.717) is 18.2 Å². The Balaban J connectivity index is 1.99. The van der Waals surface area contributed by atoms with Crippen molar-refractivity contribution >= 4 is 11.6 Å². The Labute approximate surface area is 117 Å². The number of hydrogen-bond acceptors (Lipinski definition) is 3. The molecule has 1 saturated heterocycles. The van der Waals surface area contributed by atoms with Crippen LogP contribution >= 0.6 is 0 Å². The molecule has 1 aliphatic carbocycles. The second-order valence-electron chi connectivity index (χ2n) is 5.73. The van der Waals surface area contributed by atoms with E-state index in [1.54, 1.807) is 4.57 Å². The smallest absolute Gasteiger partial charge is 0.274 e. The van der Waals surface area contributed by atoms with Gasteiger partial charge in [0, 0.05) is 19.7 Å². The molecule has 0 radical (unpaired) electrons. The minimum Gasteiger partial charge on any atom is -0.379 e. The highest BCUT2D eigenvalue weighted by atomic mass is 16.5. The normalized spacial score (nSPS) is 22.6. The van der Waals surface area contributed by atoms with E-state index in [0.717, 1.165) is 25.0 Å². The van der Waals surface area contributed by atoms with Crippen LogP contribution in [0.15, 0.2) is 17.1 Å². The summed E-state index contributed by atoms with van der Waals surface area (Å²) in [5.41, 5.74) is 1.42. The minimum atomic E-state index is -0.207. The highest BCUT2D eigenvalue weighted by molar-refractivity contribution is 5.88. The maximum Gasteiger partial charge on any atom is 0.274 e. The zero-order valence-corrected chi connectivity index (χ0v) is 11.7. The van der Waals surface area contributed by atoms with Crippen LogP contribution in [0.2, 0.25) is 0 Å². The number of carbonyl (C=O) groups excluding carboxylic acids is 1. The molecule has 1 N–H and O–H groups in total. The summed E-state index contributed by atoms with van der Waals surface area (Å²) >= 11 is 0. The number of pyridine rings is 1. The van der Waals surface area contributed by atoms with Crippen molar-refractivity contribution in [3.8, 4) is 0 Å². The molecular weight excluding hydrogens is 256 g/mol. The quantitative estimate of drug-likeness (QED) is 0.919. The molecule has 1 unspecified atom stereocenters. The number of aromatic nitrogens is 1. The van der Waals surface area contributed by atoms with Gasteiger partial charge in [-0.15, -0.1) is 0 Å². The second-order valence-corrected chi connectivity index (χ2v) is 5.73. The summed E-state index contributed by atoms with van der Waals surface area (Å²) in [7, 11) is 0. The Morgan fingerprint density at radius 2 is 2.20 bits per heavy atom. The van der Waals surface area contributed by atoms with E-state index in [-0.39, 0.29) is 17.5 Å². The van der Waals surface area contributed by atoms with Crippen molar-refractivity contribution in [3.63, 3.8) is 0 Å². The number of nitrogens with zero attached hydrogens (tertiary/aromatic N) is 1. The number of rotatable bonds is 3. The van der Waals surface area contributed by atoms with Crippen molar-refractivity contribution in [1.29, 1.82) is 0 Å². The fourth-order valence-electron chi connectivity index (χ4n) is 2.76. The molecule has 3 rings (SSSR count). The van der Waals surface area contributed by atoms with E-state index in [1.807, 2.05) is 12.3 Å². The van der Waals surface area contributed by atoms with Crippen molar-refractivity contribution in [3.05, 3.63) is 28.2 Å². The Kier molecular flexibility index (Phi) is 3.61. The van der Waals surface area contributed by atoms with Crippen molar-refractivity contribution in [2.45, 2.75) is 44.6 Å². The van der Waals surface area contributed by atoms with Crippen LogP contribution in [-0.4, -0.2) is 23.7 Å². The van der Waals surface area contributed by atoms with Gasteiger partial charge in [0.1, 0.15) is 5.69 Å². The summed E-state index contributed by atoms with van der Waals surface area (Å²) < 4.78 is 7.24. The molecule has 20 heavy (non-hydrogen) atoms. The first-order valence-corrected chi connectivity index (χ1v) is 7.26. The lowest BCUT2D eigenvalue weighted by Crippen LogP contribution is -2.32. The van der Waals surface area contributed by atoms with E-state index in [4.69, 9.17) is 4.74 Å². The number of hydrogen-bond donors (Lipinski definition) is 1. The van der Waals surface area contributed by atoms with E-state index >= 15 is 0 Å². The molecule has 108 valence electrons. The third-order valence-corrected chi connectivity index (χ3v) is 3.95. The van der Waals surface area contributed by atoms with Gasteiger partial charge in [0.15, 0.2) is 0 Å². The molecule has 2 aliphatic rings. The van der Waals surface area contributed by atoms with E-state index < -0.39 is 0 Å². The van der Waals surface area contributed by atoms with Crippen LogP contribution in [0.4, 0.5) is 5.69 Å². The van der Waals surface area contributed by atoms with Gasteiger partial charge in [-0.2, -0.15) is 0 Å². The number of amides is 1. The van der Waals surface area contributed by atoms with Crippen molar-refractivity contribution in [1.82, 2.24) is 4.57 Å². The van der Waals surface area contributed by atoms with Gasteiger partial charge in [-0.25, -0.2) is 0 Å². The van der Waals surface area contributed by atoms with Gasteiger partial charge in [0.25, 0.3) is 5.56 Å². The maximum absolute atomic E-state index is 12.5. The highest BCUT2D eigenvalue weighted by Crippen LogP contribution is 2.40. The Morgan fingerprint density at radius 3 is 2.80 bits per heavy atom. The molecule has 2 heterocycles. The number of carbonyl (C=O) groups is 1. The number of anilines is 1. The van der Waals surface area contributed by atoms with Crippen LogP contribution < -0.4 is 10.9 Å². The van der Waals surface area contributed by atoms with Crippen LogP contribution in [0, 0.1) is 0 Å². The van der Waals surface area contributed by atoms with E-state index in [9.17, 15) is 9.59 Å². The Bertz CT molecular complexity index is 569. The fraction of sp³-hybridized carbons (Fsp3) is 0.600. The topological polar surface area (TPSA) is 60.3 Å². The summed E-state index contributed by atoms with van der Waals surface area (Å²) in [6.45, 7) is 2.77. The van der Waals surface area contributed by atoms with Crippen LogP contribution in [-0.2, 0) is 9.53 Å². The minimum absolute atomic E-state index is 0.0856. The zero-order chi connectivity index (χ0) is 14.1. The van der Waals surface area contributed by atoms with Crippen molar-refractivity contribution in [2.24, 2.45) is 0 Å². The van der Waals surface area contributed by atoms with Crippen LogP contribution in [0.25, 0.3) is 0 Å². The summed E-state index contributed by atoms with van der Waals surface area (Å²) in [4.78, 5) is 23.8. The third-order valence-electron chi connectivity index (χ3n) is 3.95. The maximum atomic E-state index is 12.5. The first-order chi connectivity index (χ1) is 9.65. The molecule has 0 aromatic carbocycles. The lowest BCUT2D eigenvalue weighted by Gasteiger charge is -2.25. The largest absolute Gasteiger partial charge is 0.379 e. The zero-order valence-electron chi connectivity index (χ0n) is 11.7. The molecule has 0 spiro atoms. The van der Waals surface area contributed by atoms with Gasteiger partial charge in [-0.1, -0.05) is 0 Å². The molecule has 5 nitrogen and oxygen atoms in total. The molecule has 1 aliphatic heterocycles. The van der Waals surface area contributed by atoms with Gasteiger partial charge < -0.3 is 14.6 Å². The molecule has 1 atom stereocenters. The van der Waals surface area contributed by atoms with E-state index in [1.165, 1.54) is 19.8 Å². The van der Waals surface area contributed by atoms with Gasteiger partial charge in [-0.3, -0.25) is 9.59 Å². The first kappa shape index (κ1) is 13.4. The molecule has 1 aromatic rings. The molecule has 0 bridgehead atoms. The lowest BCUT2D eigenvalue weighted by atomic mass is 10.1. The van der Waals surface area contributed by atoms with Crippen LogP contribution in [0.5, 0.6) is 0 Å². The van der Waals surface area contributed by atoms with Gasteiger partial charge in [0.05, 0.1) is 12.6 Å². The second kappa shape index (κ2) is 5.40. The SMILES string of the molecule is CC(=O)Nc1cc(C2CC2)cn(C2CCCOC2)c1=O. The highest BCUT2D eigenvalue weighted by Gasteiger charge is 2.27. The van der Waals surface area contributed by atoms with Crippen LogP contribution in [0.1, 0.15) is 50.1 Å². The standard InChI is InChI=1S/C15H20N2O3/c1-10(18)16-14-7-12(11-4-5-11)8-17(15(14)19)13-3-2-6-20-9-13/h7-8,11,13H,2-6,9H2,1H3,(H,16,18). The van der Waals surface area contributed by atoms with Crippen molar-refractivity contribution < 1.29 is 9.53 Å². The fourth-order valence-corrected chi connectivity index (χ4v) is 2.76. The first-order valence-electron chi connectivity index (χ1n) is 7.26. The predicted molar refractivity (Wildman–Crippen MR) is 76.1 cm³/mol. The molecule has 1 amide bonds. The Hall–Kier alpha value is -1.62. The van der Waals surface area contributed by atoms with Gasteiger partial charge in [0.2, 0.25) is 5.91 Å². The molecular formula is C15H20N2O3. The average Bonchev–Trinajstić information content (AvgIpc) is 3.26. The summed E-state index contributed by atoms with van der Waals surface area (Å²) in [6, 6.07) is 1.92. The van der Waals surface area contributed by atoms with Gasteiger partial charge >= 0.3 is 0 Å². The molecule has 1 saturated carbocycles. The Morgan fingerprint density at radius 1 is 1.40 bits per heavy atom. The number of nitrogens with one attached hydrogen (secondary N) is 1. The molecule has 2 fully saturated rings. The van der Waals surface area contributed by atoms with Gasteiger partial charge in [-0.05, 0) is 43.2 Å². The molecule has 1 aromatic heterocycles. The summed E-state index contributed by atoms with van der Waals surface area (Å²) in [5.74, 6) is 0.334. The summed E-state index contributed by atoms with van der Waals surface area (Å²) in [5, 5.41) is 2.66. The monoisotopic (exact) mass is 276 g/mol. The van der Waals surface area contributed by atoms with Crippen molar-refractivity contribution in [2.75, 3.05) is 18.5 Å². The predicted octanol–water partition coefficient (Wildman–Crippen LogP) is 2.04. The average molecular weight is 276 g/mol. The lowest BCUT2D eigenvalue weighted by molar-refractivity contribution is -0.114. The van der Waals surface area contributed by atoms with Crippen LogP contribution in [0.3, 0.4) is 0 Å². The van der Waals surface area contributed by atoms with E-state index in [2.05, 4.69) is 5.32 Å². The number of ether oxygens (including phenoxy) is 1. The molecule has 5 heteroatoms. The third kappa shape index (κ3) is 2.77.